The number of aryl methyl sites for hydroxylation is 3. The first-order valence-corrected chi connectivity index (χ1v) is 12.2. The molecule has 36 heavy (non-hydrogen) atoms. The smallest absolute Gasteiger partial charge is 0.191 e. The Morgan fingerprint density at radius 2 is 1.36 bits per heavy atom. The number of nitrogens with zero attached hydrogens (tertiary/aromatic N) is 4. The molecule has 0 aliphatic carbocycles. The number of pyridine rings is 2. The molecule has 1 unspecified atom stereocenters. The minimum absolute atomic E-state index is 0.417. The van der Waals surface area contributed by atoms with Crippen molar-refractivity contribution in [2.24, 2.45) is 5.10 Å². The molecule has 0 amide bonds. The topological polar surface area (TPSA) is 61.6 Å². The van der Waals surface area contributed by atoms with Crippen LogP contribution in [-0.4, -0.2) is 20.8 Å². The lowest BCUT2D eigenvalue weighted by molar-refractivity contribution is 0.0486. The lowest BCUT2D eigenvalue weighted by Crippen LogP contribution is -2.40. The Balaban J connectivity index is 1.54. The molecule has 1 aliphatic rings. The Kier molecular flexibility index (Phi) is 5.13. The predicted octanol–water partition coefficient (Wildman–Crippen LogP) is 6.81. The number of aromatic nitrogens is 2. The van der Waals surface area contributed by atoms with E-state index >= 15 is 0 Å². The van der Waals surface area contributed by atoms with Gasteiger partial charge in [0.25, 0.3) is 0 Å². The van der Waals surface area contributed by atoms with E-state index in [-0.39, 0.29) is 0 Å². The average molecular weight is 473 g/mol. The fourth-order valence-corrected chi connectivity index (χ4v) is 5.49. The van der Waals surface area contributed by atoms with Crippen LogP contribution in [0.2, 0.25) is 0 Å². The highest BCUT2D eigenvalue weighted by molar-refractivity contribution is 6.04. The summed E-state index contributed by atoms with van der Waals surface area (Å²) < 4.78 is 0. The van der Waals surface area contributed by atoms with Gasteiger partial charge >= 0.3 is 0 Å². The van der Waals surface area contributed by atoms with E-state index < -0.39 is 5.72 Å². The molecule has 2 aromatic heterocycles. The third kappa shape index (κ3) is 3.55. The van der Waals surface area contributed by atoms with Gasteiger partial charge in [-0.1, -0.05) is 66.2 Å². The lowest BCUT2D eigenvalue weighted by atomic mass is 9.96. The maximum Gasteiger partial charge on any atom is 0.191 e. The maximum absolute atomic E-state index is 11.8. The third-order valence-electron chi connectivity index (χ3n) is 7.01. The number of rotatable bonds is 3. The van der Waals surface area contributed by atoms with Crippen LogP contribution in [0.5, 0.6) is 0 Å². The highest BCUT2D eigenvalue weighted by Crippen LogP contribution is 2.39. The van der Waals surface area contributed by atoms with Gasteiger partial charge in [-0.2, -0.15) is 5.10 Å². The molecule has 0 saturated heterocycles. The molecule has 1 N–H and O–H groups in total. The van der Waals surface area contributed by atoms with Crippen molar-refractivity contribution in [3.8, 4) is 11.3 Å². The monoisotopic (exact) mass is 472 g/mol. The van der Waals surface area contributed by atoms with Crippen molar-refractivity contribution in [1.29, 1.82) is 0 Å². The van der Waals surface area contributed by atoms with Crippen molar-refractivity contribution < 1.29 is 5.11 Å². The molecule has 0 fully saturated rings. The van der Waals surface area contributed by atoms with Gasteiger partial charge in [0.2, 0.25) is 0 Å². The summed E-state index contributed by atoms with van der Waals surface area (Å²) in [5.41, 5.74) is 7.76. The first-order chi connectivity index (χ1) is 17.3. The van der Waals surface area contributed by atoms with Crippen LogP contribution in [0.15, 0.2) is 84.0 Å². The van der Waals surface area contributed by atoms with E-state index in [1.807, 2.05) is 49.4 Å². The molecule has 3 heterocycles. The zero-order valence-corrected chi connectivity index (χ0v) is 20.9. The molecule has 1 aliphatic heterocycles. The molecule has 0 bridgehead atoms. The summed E-state index contributed by atoms with van der Waals surface area (Å²) in [6, 6.07) is 26.4. The first-order valence-electron chi connectivity index (χ1n) is 12.2. The second-order valence-electron chi connectivity index (χ2n) is 9.86. The molecular formula is C31H28N4O. The van der Waals surface area contributed by atoms with Gasteiger partial charge in [-0.15, -0.1) is 0 Å². The van der Waals surface area contributed by atoms with Crippen LogP contribution in [0.25, 0.3) is 33.1 Å². The molecule has 5 nitrogen and oxygen atoms in total. The second-order valence-corrected chi connectivity index (χ2v) is 9.86. The standard InChI is InChI=1S/C31H28N4O/c1-19-16-20(2)28(21(3)17-19)26-14-12-23-10-11-24-13-15-27(33-30(24)29(23)32-26)35-31(36,18-22(4)34-35)25-8-6-5-7-9-25/h5-17,36H,18H2,1-4H3. The summed E-state index contributed by atoms with van der Waals surface area (Å²) in [5.74, 6) is 0.591. The Hall–Kier alpha value is -4.09. The Morgan fingerprint density at radius 3 is 2.06 bits per heavy atom. The molecule has 6 rings (SSSR count). The van der Waals surface area contributed by atoms with E-state index in [1.54, 1.807) is 5.01 Å². The van der Waals surface area contributed by atoms with Crippen molar-refractivity contribution in [3.63, 3.8) is 0 Å². The van der Waals surface area contributed by atoms with Crippen molar-refractivity contribution in [2.45, 2.75) is 39.8 Å². The molecule has 1 atom stereocenters. The fourth-order valence-electron chi connectivity index (χ4n) is 5.49. The highest BCUT2D eigenvalue weighted by atomic mass is 16.3. The number of benzene rings is 3. The van der Waals surface area contributed by atoms with Crippen LogP contribution in [0.4, 0.5) is 5.82 Å². The largest absolute Gasteiger partial charge is 0.365 e. The van der Waals surface area contributed by atoms with E-state index in [0.29, 0.717) is 12.2 Å². The lowest BCUT2D eigenvalue weighted by Gasteiger charge is -2.32. The summed E-state index contributed by atoms with van der Waals surface area (Å²) in [7, 11) is 0. The Labute approximate surface area is 210 Å². The third-order valence-corrected chi connectivity index (χ3v) is 7.01. The molecular weight excluding hydrogens is 444 g/mol. The Morgan fingerprint density at radius 1 is 0.750 bits per heavy atom. The van der Waals surface area contributed by atoms with E-state index in [9.17, 15) is 5.11 Å². The zero-order chi connectivity index (χ0) is 25.0. The van der Waals surface area contributed by atoms with Crippen molar-refractivity contribution in [2.75, 3.05) is 5.01 Å². The summed E-state index contributed by atoms with van der Waals surface area (Å²) in [6.07, 6.45) is 0.417. The number of anilines is 1. The van der Waals surface area contributed by atoms with E-state index in [1.165, 1.54) is 16.7 Å². The molecule has 5 heteroatoms. The van der Waals surface area contributed by atoms with Crippen LogP contribution in [0.1, 0.15) is 35.6 Å². The van der Waals surface area contributed by atoms with Crippen LogP contribution in [0, 0.1) is 20.8 Å². The SMILES string of the molecule is CC1=NN(c2ccc3ccc4ccc(-c5c(C)cc(C)cc5C)nc4c3n2)C(O)(c2ccccc2)C1. The van der Waals surface area contributed by atoms with Crippen LogP contribution >= 0.6 is 0 Å². The van der Waals surface area contributed by atoms with Crippen molar-refractivity contribution in [1.82, 2.24) is 9.97 Å². The predicted molar refractivity (Wildman–Crippen MR) is 147 cm³/mol. The fraction of sp³-hybridized carbons (Fsp3) is 0.194. The summed E-state index contributed by atoms with van der Waals surface area (Å²) in [5, 5.41) is 20.1. The van der Waals surface area contributed by atoms with Crippen molar-refractivity contribution >= 4 is 33.3 Å². The first kappa shape index (κ1) is 22.4. The van der Waals surface area contributed by atoms with Crippen LogP contribution in [0.3, 0.4) is 0 Å². The van der Waals surface area contributed by atoms with Crippen LogP contribution < -0.4 is 5.01 Å². The van der Waals surface area contributed by atoms with Crippen molar-refractivity contribution in [3.05, 3.63) is 101 Å². The van der Waals surface area contributed by atoms with E-state index in [0.717, 1.165) is 44.3 Å². The van der Waals surface area contributed by atoms with E-state index in [2.05, 4.69) is 62.3 Å². The van der Waals surface area contributed by atoms with Crippen LogP contribution in [-0.2, 0) is 5.72 Å². The molecule has 3 aromatic carbocycles. The number of hydrazone groups is 1. The molecule has 178 valence electrons. The van der Waals surface area contributed by atoms with Gasteiger partial charge in [0.15, 0.2) is 11.5 Å². The molecule has 0 saturated carbocycles. The quantitative estimate of drug-likeness (QED) is 0.293. The minimum atomic E-state index is -1.29. The normalized spacial score (nSPS) is 17.7. The molecule has 5 aromatic rings. The van der Waals surface area contributed by atoms with Gasteiger partial charge in [-0.05, 0) is 57.0 Å². The second kappa shape index (κ2) is 8.25. The van der Waals surface area contributed by atoms with Gasteiger partial charge < -0.3 is 5.11 Å². The average Bonchev–Trinajstić information content (AvgIpc) is 3.18. The molecule has 0 radical (unpaired) electrons. The Bertz CT molecular complexity index is 1650. The zero-order valence-electron chi connectivity index (χ0n) is 20.9. The van der Waals surface area contributed by atoms with Gasteiger partial charge in [0.1, 0.15) is 0 Å². The van der Waals surface area contributed by atoms with E-state index in [4.69, 9.17) is 9.97 Å². The van der Waals surface area contributed by atoms with Gasteiger partial charge in [-0.3, -0.25) is 0 Å². The highest BCUT2D eigenvalue weighted by Gasteiger charge is 2.42. The maximum atomic E-state index is 11.8. The summed E-state index contributed by atoms with van der Waals surface area (Å²) >= 11 is 0. The van der Waals surface area contributed by atoms with Gasteiger partial charge in [0, 0.05) is 34.0 Å². The number of hydrogen-bond acceptors (Lipinski definition) is 5. The van der Waals surface area contributed by atoms with Gasteiger partial charge in [-0.25, -0.2) is 15.0 Å². The number of fused-ring (bicyclic) bond motifs is 3. The van der Waals surface area contributed by atoms with Gasteiger partial charge in [0.05, 0.1) is 16.7 Å². The summed E-state index contributed by atoms with van der Waals surface area (Å²) in [4.78, 5) is 10.2. The number of aliphatic hydroxyl groups is 1. The minimum Gasteiger partial charge on any atom is -0.365 e. The summed E-state index contributed by atoms with van der Waals surface area (Å²) in [6.45, 7) is 8.33. The molecule has 0 spiro atoms. The number of hydrogen-bond donors (Lipinski definition) is 1.